The van der Waals surface area contributed by atoms with Gasteiger partial charge < -0.3 is 9.64 Å². The van der Waals surface area contributed by atoms with Gasteiger partial charge in [0.05, 0.1) is 17.1 Å². The highest BCUT2D eigenvalue weighted by Gasteiger charge is 2.38. The van der Waals surface area contributed by atoms with Crippen molar-refractivity contribution in [3.8, 4) is 6.07 Å². The predicted molar refractivity (Wildman–Crippen MR) is 131 cm³/mol. The Morgan fingerprint density at radius 2 is 1.81 bits per heavy atom. The molecule has 1 saturated carbocycles. The van der Waals surface area contributed by atoms with Crippen LogP contribution in [-0.2, 0) is 16.6 Å². The lowest BCUT2D eigenvalue weighted by atomic mass is 10.0. The maximum absolute atomic E-state index is 13.3. The first-order chi connectivity index (χ1) is 15.2. The van der Waals surface area contributed by atoms with Gasteiger partial charge in [-0.15, -0.1) is 0 Å². The number of hydrogen-bond acceptors (Lipinski definition) is 7. The summed E-state index contributed by atoms with van der Waals surface area (Å²) in [6, 6.07) is 2.23. The first-order valence-electron chi connectivity index (χ1n) is 11.0. The maximum atomic E-state index is 13.3. The van der Waals surface area contributed by atoms with Crippen LogP contribution in [0.4, 0.5) is 5.82 Å². The van der Waals surface area contributed by atoms with Crippen LogP contribution in [0, 0.1) is 18.3 Å². The smallest absolute Gasteiger partial charge is 0.270 e. The van der Waals surface area contributed by atoms with Crippen molar-refractivity contribution in [1.82, 2.24) is 9.47 Å². The minimum Gasteiger partial charge on any atom is -0.372 e. The second-order valence-corrected chi connectivity index (χ2v) is 10.5. The van der Waals surface area contributed by atoms with E-state index in [2.05, 4.69) is 11.0 Å². The van der Waals surface area contributed by atoms with E-state index < -0.39 is 0 Å². The molecule has 0 N–H and O–H groups in total. The fraction of sp³-hybridized carbons (Fsp3) is 0.565. The predicted octanol–water partition coefficient (Wildman–Crippen LogP) is 3.32. The van der Waals surface area contributed by atoms with Gasteiger partial charge in [0.25, 0.3) is 11.5 Å². The summed E-state index contributed by atoms with van der Waals surface area (Å²) in [7, 11) is 1.68. The number of pyridine rings is 1. The molecule has 2 saturated heterocycles. The lowest BCUT2D eigenvalue weighted by molar-refractivity contribution is -0.123. The zero-order valence-corrected chi connectivity index (χ0v) is 20.5. The van der Waals surface area contributed by atoms with Crippen molar-refractivity contribution in [2.24, 2.45) is 7.05 Å². The molecule has 3 fully saturated rings. The number of aromatic nitrogens is 1. The SMILES string of the molecule is Cc1c(/C=C2\SC(=S)N(C3CCCC3)C2=O)c(N2C[C@@H](C)O[C@@H](C)C2)n(C)c(=O)c1C#N. The van der Waals surface area contributed by atoms with Crippen LogP contribution in [0.3, 0.4) is 0 Å². The highest BCUT2D eigenvalue weighted by atomic mass is 32.2. The van der Waals surface area contributed by atoms with E-state index in [0.29, 0.717) is 33.7 Å². The summed E-state index contributed by atoms with van der Waals surface area (Å²) in [6.07, 6.45) is 6.01. The molecule has 0 unspecified atom stereocenters. The van der Waals surface area contributed by atoms with E-state index in [1.54, 1.807) is 18.9 Å². The van der Waals surface area contributed by atoms with Crippen LogP contribution in [-0.4, -0.2) is 51.0 Å². The number of nitrogens with zero attached hydrogens (tertiary/aromatic N) is 4. The standard InChI is InChI=1S/C23H28N4O3S2/c1-13-11-26(12-14(2)30-13)20-17(15(3)18(10-24)21(28)25(20)4)9-19-22(29)27(23(31)32-19)16-7-5-6-8-16/h9,13-14,16H,5-8,11-12H2,1-4H3/b19-9-/t13-,14+. The molecular formula is C23H28N4O3S2. The van der Waals surface area contributed by atoms with Crippen molar-refractivity contribution in [2.75, 3.05) is 18.0 Å². The van der Waals surface area contributed by atoms with E-state index in [9.17, 15) is 14.9 Å². The number of carbonyl (C=O) groups is 1. The minimum atomic E-state index is -0.331. The molecule has 1 aliphatic carbocycles. The van der Waals surface area contributed by atoms with E-state index in [0.717, 1.165) is 31.2 Å². The Morgan fingerprint density at radius 1 is 1.19 bits per heavy atom. The van der Waals surface area contributed by atoms with Gasteiger partial charge in [-0.25, -0.2) is 0 Å². The number of thiocarbonyl (C=S) groups is 1. The topological polar surface area (TPSA) is 78.6 Å². The summed E-state index contributed by atoms with van der Waals surface area (Å²) in [5.41, 5.74) is 1.07. The van der Waals surface area contributed by atoms with Crippen molar-refractivity contribution in [2.45, 2.75) is 64.7 Å². The van der Waals surface area contributed by atoms with Crippen LogP contribution in [0.2, 0.25) is 0 Å². The van der Waals surface area contributed by atoms with Crippen LogP contribution < -0.4 is 10.5 Å². The van der Waals surface area contributed by atoms with Crippen molar-refractivity contribution in [3.05, 3.63) is 31.9 Å². The third-order valence-corrected chi connectivity index (χ3v) is 7.81. The molecule has 2 atom stereocenters. The lowest BCUT2D eigenvalue weighted by Gasteiger charge is -2.38. The van der Waals surface area contributed by atoms with Gasteiger partial charge in [0.1, 0.15) is 21.8 Å². The maximum Gasteiger partial charge on any atom is 0.270 e. The molecule has 0 bridgehead atoms. The highest BCUT2D eigenvalue weighted by molar-refractivity contribution is 8.26. The Bertz CT molecular complexity index is 1090. The van der Waals surface area contributed by atoms with Gasteiger partial charge in [-0.2, -0.15) is 5.26 Å². The largest absolute Gasteiger partial charge is 0.372 e. The quantitative estimate of drug-likeness (QED) is 0.493. The van der Waals surface area contributed by atoms with Gasteiger partial charge in [0.2, 0.25) is 0 Å². The number of nitriles is 1. The molecular weight excluding hydrogens is 444 g/mol. The summed E-state index contributed by atoms with van der Waals surface area (Å²) in [6.45, 7) is 7.02. The molecule has 170 valence electrons. The van der Waals surface area contributed by atoms with E-state index in [1.807, 2.05) is 19.9 Å². The molecule has 7 nitrogen and oxygen atoms in total. The van der Waals surface area contributed by atoms with Crippen molar-refractivity contribution in [3.63, 3.8) is 0 Å². The molecule has 9 heteroatoms. The summed E-state index contributed by atoms with van der Waals surface area (Å²) in [4.78, 5) is 30.7. The Kier molecular flexibility index (Phi) is 6.48. The Balaban J connectivity index is 1.84. The number of amides is 1. The summed E-state index contributed by atoms with van der Waals surface area (Å²) in [5, 5.41) is 9.66. The van der Waals surface area contributed by atoms with Crippen LogP contribution in [0.25, 0.3) is 6.08 Å². The Hall–Kier alpha value is -2.15. The number of thioether (sulfide) groups is 1. The third-order valence-electron chi connectivity index (χ3n) is 6.48. The monoisotopic (exact) mass is 472 g/mol. The number of ether oxygens (including phenoxy) is 1. The molecule has 1 aromatic rings. The van der Waals surface area contributed by atoms with Crippen LogP contribution >= 0.6 is 24.0 Å². The molecule has 4 rings (SSSR count). The second kappa shape index (κ2) is 9.00. The number of hydrogen-bond donors (Lipinski definition) is 0. The van der Waals surface area contributed by atoms with E-state index >= 15 is 0 Å². The zero-order valence-electron chi connectivity index (χ0n) is 18.9. The van der Waals surface area contributed by atoms with Crippen LogP contribution in [0.5, 0.6) is 0 Å². The van der Waals surface area contributed by atoms with Crippen LogP contribution in [0.15, 0.2) is 9.70 Å². The molecule has 0 aromatic carbocycles. The van der Waals surface area contributed by atoms with Crippen LogP contribution in [0.1, 0.15) is 56.2 Å². The van der Waals surface area contributed by atoms with Gasteiger partial charge in [0, 0.05) is 31.7 Å². The fourth-order valence-corrected chi connectivity index (χ4v) is 6.42. The molecule has 2 aliphatic heterocycles. The number of anilines is 1. The number of morpholine rings is 1. The number of rotatable bonds is 3. The van der Waals surface area contributed by atoms with E-state index in [4.69, 9.17) is 17.0 Å². The molecule has 1 amide bonds. The first kappa shape index (κ1) is 23.0. The van der Waals surface area contributed by atoms with Gasteiger partial charge in [-0.3, -0.25) is 19.1 Å². The first-order valence-corrected chi connectivity index (χ1v) is 12.3. The summed E-state index contributed by atoms with van der Waals surface area (Å²) in [5.74, 6) is 0.632. The highest BCUT2D eigenvalue weighted by Crippen LogP contribution is 2.39. The third kappa shape index (κ3) is 4.00. The van der Waals surface area contributed by atoms with Gasteiger partial charge in [0.15, 0.2) is 0 Å². The fourth-order valence-electron chi connectivity index (χ4n) is 5.03. The van der Waals surface area contributed by atoms with E-state index in [-0.39, 0.29) is 35.3 Å². The average molecular weight is 473 g/mol. The molecule has 3 heterocycles. The Labute approximate surface area is 198 Å². The summed E-state index contributed by atoms with van der Waals surface area (Å²) < 4.78 is 8.00. The van der Waals surface area contributed by atoms with Crippen molar-refractivity contribution >= 4 is 46.1 Å². The average Bonchev–Trinajstić information content (AvgIpc) is 3.34. The summed E-state index contributed by atoms with van der Waals surface area (Å²) >= 11 is 6.86. The van der Waals surface area contributed by atoms with Crippen molar-refractivity contribution in [1.29, 1.82) is 5.26 Å². The minimum absolute atomic E-state index is 0.00164. The van der Waals surface area contributed by atoms with E-state index in [1.165, 1.54) is 16.3 Å². The van der Waals surface area contributed by atoms with Crippen molar-refractivity contribution < 1.29 is 9.53 Å². The van der Waals surface area contributed by atoms with Gasteiger partial charge in [-0.05, 0) is 45.3 Å². The normalized spacial score (nSPS) is 25.8. The molecule has 3 aliphatic rings. The number of carbonyl (C=O) groups excluding carboxylic acids is 1. The molecule has 32 heavy (non-hydrogen) atoms. The second-order valence-electron chi connectivity index (χ2n) is 8.87. The molecule has 0 radical (unpaired) electrons. The zero-order chi connectivity index (χ0) is 23.2. The molecule has 1 aromatic heterocycles. The van der Waals surface area contributed by atoms with Gasteiger partial charge >= 0.3 is 0 Å². The Morgan fingerprint density at radius 3 is 2.41 bits per heavy atom. The lowest BCUT2D eigenvalue weighted by Crippen LogP contribution is -2.47. The molecule has 0 spiro atoms. The van der Waals surface area contributed by atoms with Gasteiger partial charge in [-0.1, -0.05) is 36.8 Å².